The average Bonchev–Trinajstić information content (AvgIpc) is 2.62. The number of hydrogen-bond acceptors (Lipinski definition) is 3. The van der Waals surface area contributed by atoms with E-state index in [1.165, 1.54) is 16.7 Å². The summed E-state index contributed by atoms with van der Waals surface area (Å²) in [5.41, 5.74) is 3.75. The third-order valence-electron chi connectivity index (χ3n) is 3.48. The summed E-state index contributed by atoms with van der Waals surface area (Å²) < 4.78 is 5.71. The lowest BCUT2D eigenvalue weighted by atomic mass is 9.96. The average molecular weight is 244 g/mol. The molecule has 1 atom stereocenters. The van der Waals surface area contributed by atoms with Crippen LogP contribution in [-0.4, -0.2) is 12.0 Å². The largest absolute Gasteiger partial charge is 0.466 e. The zero-order valence-corrected chi connectivity index (χ0v) is 11.4. The van der Waals surface area contributed by atoms with E-state index in [1.54, 1.807) is 6.20 Å². The second-order valence-corrected chi connectivity index (χ2v) is 4.66. The van der Waals surface area contributed by atoms with E-state index in [-0.39, 0.29) is 6.04 Å². The monoisotopic (exact) mass is 244 g/mol. The molecule has 0 bridgehead atoms. The van der Waals surface area contributed by atoms with Gasteiger partial charge in [0.1, 0.15) is 11.5 Å². The van der Waals surface area contributed by atoms with E-state index >= 15 is 0 Å². The van der Waals surface area contributed by atoms with Crippen LogP contribution in [-0.2, 0) is 6.42 Å². The van der Waals surface area contributed by atoms with Gasteiger partial charge in [0, 0.05) is 24.0 Å². The van der Waals surface area contributed by atoms with Gasteiger partial charge in [-0.25, -0.2) is 0 Å². The number of pyridine rings is 1. The van der Waals surface area contributed by atoms with Crippen molar-refractivity contribution in [1.82, 2.24) is 10.3 Å². The van der Waals surface area contributed by atoms with Crippen LogP contribution in [0.5, 0.6) is 0 Å². The number of likely N-dealkylation sites (N-methyl/N-ethyl adjacent to an activating group) is 1. The Kier molecular flexibility index (Phi) is 3.82. The third kappa shape index (κ3) is 2.46. The van der Waals surface area contributed by atoms with E-state index in [4.69, 9.17) is 4.42 Å². The SMILES string of the molecule is CNC(Cc1cccnc1)c1c(C)oc(C)c1C. The maximum Gasteiger partial charge on any atom is 0.106 e. The molecule has 0 aliphatic heterocycles. The van der Waals surface area contributed by atoms with Gasteiger partial charge < -0.3 is 9.73 Å². The van der Waals surface area contributed by atoms with Gasteiger partial charge in [0.15, 0.2) is 0 Å². The van der Waals surface area contributed by atoms with Crippen molar-refractivity contribution in [3.05, 3.63) is 52.7 Å². The second-order valence-electron chi connectivity index (χ2n) is 4.66. The molecule has 0 saturated heterocycles. The van der Waals surface area contributed by atoms with Crippen LogP contribution < -0.4 is 5.32 Å². The molecule has 0 amide bonds. The van der Waals surface area contributed by atoms with Gasteiger partial charge in [-0.3, -0.25) is 4.98 Å². The highest BCUT2D eigenvalue weighted by Crippen LogP contribution is 2.28. The number of aryl methyl sites for hydroxylation is 2. The topological polar surface area (TPSA) is 38.1 Å². The van der Waals surface area contributed by atoms with Crippen LogP contribution in [0.2, 0.25) is 0 Å². The Hall–Kier alpha value is -1.61. The minimum Gasteiger partial charge on any atom is -0.466 e. The van der Waals surface area contributed by atoms with Gasteiger partial charge in [-0.2, -0.15) is 0 Å². The Morgan fingerprint density at radius 3 is 2.56 bits per heavy atom. The first kappa shape index (κ1) is 12.8. The van der Waals surface area contributed by atoms with Crippen molar-refractivity contribution in [3.63, 3.8) is 0 Å². The highest BCUT2D eigenvalue weighted by atomic mass is 16.3. The highest BCUT2D eigenvalue weighted by molar-refractivity contribution is 5.35. The zero-order chi connectivity index (χ0) is 13.1. The van der Waals surface area contributed by atoms with Crippen molar-refractivity contribution < 1.29 is 4.42 Å². The molecule has 0 aliphatic rings. The van der Waals surface area contributed by atoms with Gasteiger partial charge in [-0.05, 0) is 51.4 Å². The zero-order valence-electron chi connectivity index (χ0n) is 11.4. The molecule has 3 heteroatoms. The standard InChI is InChI=1S/C15H20N2O/c1-10-11(2)18-12(3)15(10)14(16-4)8-13-6-5-7-17-9-13/h5-7,9,14,16H,8H2,1-4H3. The first-order valence-electron chi connectivity index (χ1n) is 6.26. The smallest absolute Gasteiger partial charge is 0.106 e. The quantitative estimate of drug-likeness (QED) is 0.898. The minimum atomic E-state index is 0.270. The summed E-state index contributed by atoms with van der Waals surface area (Å²) in [5.74, 6) is 2.02. The normalized spacial score (nSPS) is 12.7. The van der Waals surface area contributed by atoms with Gasteiger partial charge in [-0.15, -0.1) is 0 Å². The fraction of sp³-hybridized carbons (Fsp3) is 0.400. The lowest BCUT2D eigenvalue weighted by Gasteiger charge is -2.16. The van der Waals surface area contributed by atoms with Crippen molar-refractivity contribution in [2.75, 3.05) is 7.05 Å². The molecular weight excluding hydrogens is 224 g/mol. The molecule has 2 aromatic rings. The van der Waals surface area contributed by atoms with Crippen LogP contribution in [0.3, 0.4) is 0 Å². The maximum atomic E-state index is 5.71. The number of furan rings is 1. The summed E-state index contributed by atoms with van der Waals surface area (Å²) in [5, 5.41) is 3.37. The van der Waals surface area contributed by atoms with E-state index in [0.717, 1.165) is 17.9 Å². The molecule has 1 N–H and O–H groups in total. The van der Waals surface area contributed by atoms with Gasteiger partial charge in [0.25, 0.3) is 0 Å². The molecule has 0 spiro atoms. The lowest BCUT2D eigenvalue weighted by molar-refractivity contribution is 0.489. The van der Waals surface area contributed by atoms with Crippen LogP contribution in [0.1, 0.15) is 34.3 Å². The molecule has 96 valence electrons. The Morgan fingerprint density at radius 2 is 2.06 bits per heavy atom. The van der Waals surface area contributed by atoms with Crippen LogP contribution in [0.4, 0.5) is 0 Å². The predicted octanol–water partition coefficient (Wildman–Crippen LogP) is 3.10. The molecule has 0 aromatic carbocycles. The summed E-state index contributed by atoms with van der Waals surface area (Å²) in [4.78, 5) is 4.16. The molecule has 2 rings (SSSR count). The van der Waals surface area contributed by atoms with Gasteiger partial charge >= 0.3 is 0 Å². The van der Waals surface area contributed by atoms with Gasteiger partial charge in [-0.1, -0.05) is 6.07 Å². The van der Waals surface area contributed by atoms with E-state index in [1.807, 2.05) is 33.2 Å². The Bertz CT molecular complexity index is 517. The van der Waals surface area contributed by atoms with Gasteiger partial charge in [0.2, 0.25) is 0 Å². The number of aromatic nitrogens is 1. The van der Waals surface area contributed by atoms with Crippen LogP contribution >= 0.6 is 0 Å². The maximum absolute atomic E-state index is 5.71. The minimum absolute atomic E-state index is 0.270. The van der Waals surface area contributed by atoms with Crippen molar-refractivity contribution in [2.24, 2.45) is 0 Å². The Labute approximate surface area is 108 Å². The van der Waals surface area contributed by atoms with E-state index < -0.39 is 0 Å². The summed E-state index contributed by atoms with van der Waals surface area (Å²) in [6.45, 7) is 6.17. The molecule has 0 fully saturated rings. The molecule has 2 heterocycles. The fourth-order valence-corrected chi connectivity index (χ4v) is 2.42. The van der Waals surface area contributed by atoms with Crippen molar-refractivity contribution >= 4 is 0 Å². The summed E-state index contributed by atoms with van der Waals surface area (Å²) in [7, 11) is 1.99. The van der Waals surface area contributed by atoms with Crippen molar-refractivity contribution in [3.8, 4) is 0 Å². The first-order valence-corrected chi connectivity index (χ1v) is 6.26. The summed E-state index contributed by atoms with van der Waals surface area (Å²) in [6.07, 6.45) is 4.64. The number of hydrogen-bond donors (Lipinski definition) is 1. The molecular formula is C15H20N2O. The highest BCUT2D eigenvalue weighted by Gasteiger charge is 2.20. The number of nitrogens with one attached hydrogen (secondary N) is 1. The summed E-state index contributed by atoms with van der Waals surface area (Å²) in [6, 6.07) is 4.35. The fourth-order valence-electron chi connectivity index (χ4n) is 2.42. The Morgan fingerprint density at radius 1 is 1.28 bits per heavy atom. The third-order valence-corrected chi connectivity index (χ3v) is 3.48. The first-order chi connectivity index (χ1) is 8.63. The van der Waals surface area contributed by atoms with Gasteiger partial charge in [0.05, 0.1) is 0 Å². The molecule has 0 radical (unpaired) electrons. The van der Waals surface area contributed by atoms with E-state index in [9.17, 15) is 0 Å². The molecule has 0 saturated carbocycles. The molecule has 0 aliphatic carbocycles. The second kappa shape index (κ2) is 5.36. The molecule has 18 heavy (non-hydrogen) atoms. The molecule has 1 unspecified atom stereocenters. The van der Waals surface area contributed by atoms with Crippen LogP contribution in [0.15, 0.2) is 28.9 Å². The Balaban J connectivity index is 2.29. The predicted molar refractivity (Wildman–Crippen MR) is 72.7 cm³/mol. The summed E-state index contributed by atoms with van der Waals surface area (Å²) >= 11 is 0. The molecule has 3 nitrogen and oxygen atoms in total. The van der Waals surface area contributed by atoms with Crippen molar-refractivity contribution in [1.29, 1.82) is 0 Å². The lowest BCUT2D eigenvalue weighted by Crippen LogP contribution is -2.20. The number of rotatable bonds is 4. The van der Waals surface area contributed by atoms with Crippen LogP contribution in [0.25, 0.3) is 0 Å². The van der Waals surface area contributed by atoms with Crippen molar-refractivity contribution in [2.45, 2.75) is 33.2 Å². The van der Waals surface area contributed by atoms with Crippen LogP contribution in [0, 0.1) is 20.8 Å². The molecule has 2 aromatic heterocycles. The number of nitrogens with zero attached hydrogens (tertiary/aromatic N) is 1. The van der Waals surface area contributed by atoms with E-state index in [0.29, 0.717) is 0 Å². The van der Waals surface area contributed by atoms with E-state index in [2.05, 4.69) is 23.3 Å².